The van der Waals surface area contributed by atoms with Crippen molar-refractivity contribution >= 4 is 88.4 Å². The first-order valence-electron chi connectivity index (χ1n) is 18.5. The lowest BCUT2D eigenvalue weighted by Crippen LogP contribution is -2.12. The molecule has 0 saturated carbocycles. The molecule has 55 heavy (non-hydrogen) atoms. The second kappa shape index (κ2) is 11.5. The van der Waals surface area contributed by atoms with Crippen LogP contribution in [0.15, 0.2) is 185 Å². The van der Waals surface area contributed by atoms with Crippen LogP contribution in [-0.2, 0) is 0 Å². The van der Waals surface area contributed by atoms with Gasteiger partial charge in [-0.2, -0.15) is 0 Å². The van der Waals surface area contributed by atoms with Crippen LogP contribution in [0.5, 0.6) is 5.75 Å². The summed E-state index contributed by atoms with van der Waals surface area (Å²) in [7, 11) is 0. The third-order valence-corrected chi connectivity index (χ3v) is 11.0. The van der Waals surface area contributed by atoms with Gasteiger partial charge in [0.2, 0.25) is 0 Å². The number of benzene rings is 8. The lowest BCUT2D eigenvalue weighted by atomic mass is 10.1. The van der Waals surface area contributed by atoms with Crippen molar-refractivity contribution in [3.8, 4) is 11.4 Å². The van der Waals surface area contributed by atoms with Crippen LogP contribution in [0.4, 0.5) is 22.7 Å². The third-order valence-electron chi connectivity index (χ3n) is 11.0. The summed E-state index contributed by atoms with van der Waals surface area (Å²) < 4.78 is 22.2. The quantitative estimate of drug-likeness (QED) is 0.193. The first-order valence-corrected chi connectivity index (χ1v) is 18.5. The van der Waals surface area contributed by atoms with Gasteiger partial charge in [-0.15, -0.1) is 0 Å². The number of aromatic nitrogens is 1. The summed E-state index contributed by atoms with van der Waals surface area (Å²) in [4.78, 5) is 2.37. The minimum absolute atomic E-state index is 0.274. The summed E-state index contributed by atoms with van der Waals surface area (Å²) >= 11 is 0. The number of hydrogen-bond donors (Lipinski definition) is 1. The Morgan fingerprint density at radius 3 is 2.05 bits per heavy atom. The molecule has 3 aromatic heterocycles. The molecular weight excluding hydrogens is 679 g/mol. The maximum atomic E-state index is 6.69. The number of hydrogen-bond acceptors (Lipinski definition) is 5. The second-order valence-corrected chi connectivity index (χ2v) is 14.1. The van der Waals surface area contributed by atoms with Crippen LogP contribution >= 0.6 is 0 Å². The molecule has 6 heteroatoms. The molecule has 260 valence electrons. The van der Waals surface area contributed by atoms with Gasteiger partial charge < -0.3 is 28.4 Å². The molecule has 8 aromatic carbocycles. The molecule has 0 saturated heterocycles. The minimum atomic E-state index is -0.274. The highest BCUT2D eigenvalue weighted by Crippen LogP contribution is 2.50. The Labute approximate surface area is 315 Å². The van der Waals surface area contributed by atoms with Crippen LogP contribution in [0, 0.1) is 0 Å². The van der Waals surface area contributed by atoms with E-state index in [4.69, 9.17) is 13.6 Å². The number of ether oxygens (including phenoxy) is 1. The molecule has 1 aliphatic heterocycles. The second-order valence-electron chi connectivity index (χ2n) is 14.1. The molecule has 1 aliphatic rings. The highest BCUT2D eigenvalue weighted by Gasteiger charge is 2.29. The van der Waals surface area contributed by atoms with Crippen molar-refractivity contribution in [1.82, 2.24) is 4.57 Å². The maximum absolute atomic E-state index is 6.69. The van der Waals surface area contributed by atoms with Crippen molar-refractivity contribution in [2.45, 2.75) is 6.23 Å². The van der Waals surface area contributed by atoms with Gasteiger partial charge in [0, 0.05) is 44.5 Å². The largest absolute Gasteiger partial charge is 0.464 e. The number of para-hydroxylation sites is 4. The molecule has 0 radical (unpaired) electrons. The lowest BCUT2D eigenvalue weighted by Gasteiger charge is -2.27. The zero-order valence-corrected chi connectivity index (χ0v) is 29.4. The fourth-order valence-corrected chi connectivity index (χ4v) is 8.64. The van der Waals surface area contributed by atoms with Crippen LogP contribution in [0.3, 0.4) is 0 Å². The van der Waals surface area contributed by atoms with E-state index in [-0.39, 0.29) is 6.23 Å². The smallest absolute Gasteiger partial charge is 0.196 e. The van der Waals surface area contributed by atoms with Crippen molar-refractivity contribution in [2.24, 2.45) is 0 Å². The number of nitrogens with zero attached hydrogens (tertiary/aromatic N) is 2. The van der Waals surface area contributed by atoms with Crippen LogP contribution in [0.25, 0.3) is 71.4 Å². The summed E-state index contributed by atoms with van der Waals surface area (Å²) in [6.45, 7) is 0. The van der Waals surface area contributed by atoms with Gasteiger partial charge >= 0.3 is 0 Å². The van der Waals surface area contributed by atoms with Gasteiger partial charge in [0.1, 0.15) is 22.3 Å². The average Bonchev–Trinajstić information content (AvgIpc) is 4.02. The predicted octanol–water partition coefficient (Wildman–Crippen LogP) is 13.6. The molecule has 4 heterocycles. The molecule has 1 N–H and O–H groups in total. The predicted molar refractivity (Wildman–Crippen MR) is 223 cm³/mol. The Kier molecular flexibility index (Phi) is 6.30. The Morgan fingerprint density at radius 1 is 0.491 bits per heavy atom. The Morgan fingerprint density at radius 2 is 1.16 bits per heavy atom. The van der Waals surface area contributed by atoms with Crippen molar-refractivity contribution in [2.75, 3.05) is 10.2 Å². The minimum Gasteiger partial charge on any atom is -0.464 e. The van der Waals surface area contributed by atoms with E-state index in [1.54, 1.807) is 0 Å². The van der Waals surface area contributed by atoms with Gasteiger partial charge in [-0.25, -0.2) is 0 Å². The number of nitrogens with one attached hydrogen (secondary N) is 1. The zero-order valence-electron chi connectivity index (χ0n) is 29.4. The molecular formula is C49H31N3O3. The number of furan rings is 2. The number of anilines is 4. The fraction of sp³-hybridized carbons (Fsp3) is 0.0204. The van der Waals surface area contributed by atoms with E-state index in [0.717, 1.165) is 94.7 Å². The molecule has 11 aromatic rings. The highest BCUT2D eigenvalue weighted by atomic mass is 16.5. The molecule has 0 bridgehead atoms. The van der Waals surface area contributed by atoms with Crippen LogP contribution in [-0.4, -0.2) is 4.57 Å². The fourth-order valence-electron chi connectivity index (χ4n) is 8.64. The molecule has 0 aliphatic carbocycles. The number of rotatable bonds is 5. The lowest BCUT2D eigenvalue weighted by molar-refractivity contribution is 0.263. The highest BCUT2D eigenvalue weighted by molar-refractivity contribution is 6.18. The van der Waals surface area contributed by atoms with Gasteiger partial charge in [-0.1, -0.05) is 103 Å². The standard InChI is InChI=1S/C49H31N3O3/c1-3-13-30(14-4-1)49-50-37-27-28-43-46(48(37)55-49)36-26-25-32(29-44(36)54-43)51(39-21-12-24-42-45(39)35-18-8-10-23-41(35)53-42)40-22-11-19-34-33-17-7-9-20-38(33)52(47(34)40)31-15-5-2-6-16-31/h1-29,49-50H. The molecule has 0 amide bonds. The van der Waals surface area contributed by atoms with Crippen molar-refractivity contribution < 1.29 is 13.6 Å². The van der Waals surface area contributed by atoms with E-state index in [1.807, 2.05) is 42.5 Å². The van der Waals surface area contributed by atoms with Crippen molar-refractivity contribution in [1.29, 1.82) is 0 Å². The maximum Gasteiger partial charge on any atom is 0.196 e. The molecule has 1 unspecified atom stereocenters. The first kappa shape index (κ1) is 30.1. The molecule has 6 nitrogen and oxygen atoms in total. The molecule has 12 rings (SSSR count). The van der Waals surface area contributed by atoms with E-state index >= 15 is 0 Å². The molecule has 0 fully saturated rings. The van der Waals surface area contributed by atoms with Crippen LogP contribution < -0.4 is 15.0 Å². The van der Waals surface area contributed by atoms with E-state index < -0.39 is 0 Å². The third kappa shape index (κ3) is 4.42. The Bertz CT molecular complexity index is 3290. The average molecular weight is 710 g/mol. The van der Waals surface area contributed by atoms with Gasteiger partial charge in [0.25, 0.3) is 0 Å². The van der Waals surface area contributed by atoms with Gasteiger partial charge in [-0.05, 0) is 66.7 Å². The number of fused-ring (bicyclic) bond motifs is 11. The van der Waals surface area contributed by atoms with Crippen LogP contribution in [0.2, 0.25) is 0 Å². The van der Waals surface area contributed by atoms with Crippen LogP contribution in [0.1, 0.15) is 11.8 Å². The topological polar surface area (TPSA) is 55.7 Å². The Balaban J connectivity index is 1.13. The summed E-state index contributed by atoms with van der Waals surface area (Å²) in [5.41, 5.74) is 11.6. The summed E-state index contributed by atoms with van der Waals surface area (Å²) in [5, 5.41) is 9.99. The van der Waals surface area contributed by atoms with E-state index in [2.05, 4.69) is 148 Å². The van der Waals surface area contributed by atoms with E-state index in [1.165, 1.54) is 10.8 Å². The molecule has 1 atom stereocenters. The Hall–Kier alpha value is -7.44. The normalized spacial score (nSPS) is 13.9. The van der Waals surface area contributed by atoms with Gasteiger partial charge in [-0.3, -0.25) is 0 Å². The first-order chi connectivity index (χ1) is 27.3. The molecule has 0 spiro atoms. The van der Waals surface area contributed by atoms with E-state index in [0.29, 0.717) is 0 Å². The van der Waals surface area contributed by atoms with Gasteiger partial charge in [0.05, 0.1) is 38.9 Å². The van der Waals surface area contributed by atoms with Crippen molar-refractivity contribution in [3.63, 3.8) is 0 Å². The SMILES string of the molecule is c1ccc(C2Nc3ccc4oc5cc(N(c6cccc7oc8ccccc8c67)c6cccc7c8ccccc8n(-c8ccccc8)c67)ccc5c4c3O2)cc1. The van der Waals surface area contributed by atoms with E-state index in [9.17, 15) is 0 Å². The zero-order chi connectivity index (χ0) is 36.0. The summed E-state index contributed by atoms with van der Waals surface area (Å²) in [5.74, 6) is 0.807. The summed E-state index contributed by atoms with van der Waals surface area (Å²) in [6.07, 6.45) is -0.274. The van der Waals surface area contributed by atoms with Gasteiger partial charge in [0.15, 0.2) is 12.0 Å². The monoisotopic (exact) mass is 709 g/mol. The summed E-state index contributed by atoms with van der Waals surface area (Å²) in [6, 6.07) is 61.3. The van der Waals surface area contributed by atoms with Crippen molar-refractivity contribution in [3.05, 3.63) is 181 Å².